The molecule has 0 atom stereocenters. The van der Waals surface area contributed by atoms with Gasteiger partial charge in [0, 0.05) is 50.6 Å². The van der Waals surface area contributed by atoms with Gasteiger partial charge in [0.1, 0.15) is 16.5 Å². The van der Waals surface area contributed by atoms with Crippen LogP contribution in [0.2, 0.25) is 0 Å². The highest BCUT2D eigenvalue weighted by atomic mass is 32.2. The first-order valence-corrected chi connectivity index (χ1v) is 14.4. The predicted octanol–water partition coefficient (Wildman–Crippen LogP) is 4.41. The molecule has 2 heterocycles. The summed E-state index contributed by atoms with van der Waals surface area (Å²) in [6.07, 6.45) is 1.71. The number of hydrogen-bond donors (Lipinski definition) is 0. The summed E-state index contributed by atoms with van der Waals surface area (Å²) in [6.45, 7) is 7.37. The maximum atomic E-state index is 13.7. The molecular formula is C29H34FN3O3S. The van der Waals surface area contributed by atoms with Crippen molar-refractivity contribution in [1.29, 1.82) is 0 Å². The number of nitrogens with zero attached hydrogens (tertiary/aromatic N) is 3. The summed E-state index contributed by atoms with van der Waals surface area (Å²) in [6, 6.07) is 17.5. The Bertz CT molecular complexity index is 1340. The van der Waals surface area contributed by atoms with Gasteiger partial charge in [-0.25, -0.2) is 12.8 Å². The number of anilines is 2. The van der Waals surface area contributed by atoms with E-state index in [4.69, 9.17) is 4.74 Å². The minimum atomic E-state index is -3.74. The Balaban J connectivity index is 1.34. The lowest BCUT2D eigenvalue weighted by Gasteiger charge is -2.37. The molecule has 1 fully saturated rings. The Kier molecular flexibility index (Phi) is 7.40. The molecular weight excluding hydrogens is 489 g/mol. The Morgan fingerprint density at radius 2 is 1.30 bits per heavy atom. The number of piperazine rings is 1. The van der Waals surface area contributed by atoms with Crippen molar-refractivity contribution in [2.24, 2.45) is 0 Å². The second-order valence-corrected chi connectivity index (χ2v) is 11.7. The van der Waals surface area contributed by atoms with Crippen LogP contribution in [0.25, 0.3) is 0 Å². The van der Waals surface area contributed by atoms with Gasteiger partial charge in [0.15, 0.2) is 0 Å². The van der Waals surface area contributed by atoms with Gasteiger partial charge in [-0.3, -0.25) is 0 Å². The highest BCUT2D eigenvalue weighted by molar-refractivity contribution is 7.91. The monoisotopic (exact) mass is 523 g/mol. The largest absolute Gasteiger partial charge is 0.492 e. The zero-order valence-corrected chi connectivity index (χ0v) is 22.3. The van der Waals surface area contributed by atoms with Crippen molar-refractivity contribution in [3.05, 3.63) is 77.6 Å². The van der Waals surface area contributed by atoms with Crippen LogP contribution in [0.4, 0.5) is 15.8 Å². The zero-order valence-electron chi connectivity index (χ0n) is 21.5. The first-order chi connectivity index (χ1) is 17.8. The highest BCUT2D eigenvalue weighted by Gasteiger charge is 2.26. The normalized spacial score (nSPS) is 16.8. The van der Waals surface area contributed by atoms with Crippen LogP contribution in [-0.2, 0) is 22.7 Å². The van der Waals surface area contributed by atoms with E-state index in [0.717, 1.165) is 69.0 Å². The van der Waals surface area contributed by atoms with Crippen molar-refractivity contribution < 1.29 is 17.5 Å². The zero-order chi connectivity index (χ0) is 26.0. The van der Waals surface area contributed by atoms with Crippen molar-refractivity contribution >= 4 is 21.2 Å². The van der Waals surface area contributed by atoms with Gasteiger partial charge in [-0.2, -0.15) is 0 Å². The van der Waals surface area contributed by atoms with Gasteiger partial charge < -0.3 is 19.4 Å². The molecule has 3 aromatic rings. The lowest BCUT2D eigenvalue weighted by molar-refractivity contribution is 0.330. The molecule has 0 aliphatic carbocycles. The number of hydrogen-bond acceptors (Lipinski definition) is 6. The van der Waals surface area contributed by atoms with Crippen LogP contribution in [-0.4, -0.2) is 66.2 Å². The molecule has 0 spiro atoms. The highest BCUT2D eigenvalue weighted by Crippen LogP contribution is 2.34. The summed E-state index contributed by atoms with van der Waals surface area (Å²) in [5.74, 6) is 0.205. The predicted molar refractivity (Wildman–Crippen MR) is 145 cm³/mol. The molecule has 0 unspecified atom stereocenters. The summed E-state index contributed by atoms with van der Waals surface area (Å²) in [5.41, 5.74) is 4.26. The van der Waals surface area contributed by atoms with Gasteiger partial charge in [-0.1, -0.05) is 0 Å². The second kappa shape index (κ2) is 10.7. The van der Waals surface area contributed by atoms with E-state index in [-0.39, 0.29) is 15.6 Å². The Morgan fingerprint density at radius 3 is 1.84 bits per heavy atom. The Morgan fingerprint density at radius 1 is 0.784 bits per heavy atom. The second-order valence-electron chi connectivity index (χ2n) is 9.75. The summed E-state index contributed by atoms with van der Waals surface area (Å²) < 4.78 is 46.6. The van der Waals surface area contributed by atoms with Crippen LogP contribution < -0.4 is 14.5 Å². The molecule has 0 saturated carbocycles. The number of halogens is 1. The van der Waals surface area contributed by atoms with Gasteiger partial charge in [0.05, 0.1) is 11.5 Å². The molecule has 0 amide bonds. The molecule has 1 saturated heterocycles. The van der Waals surface area contributed by atoms with Crippen molar-refractivity contribution in [3.8, 4) is 5.75 Å². The van der Waals surface area contributed by atoms with E-state index in [1.165, 1.54) is 17.7 Å². The van der Waals surface area contributed by atoms with Crippen molar-refractivity contribution in [3.63, 3.8) is 0 Å². The maximum Gasteiger partial charge on any atom is 0.210 e. The fraction of sp³-hybridized carbons (Fsp3) is 0.379. The van der Waals surface area contributed by atoms with Crippen LogP contribution >= 0.6 is 0 Å². The van der Waals surface area contributed by atoms with E-state index in [2.05, 4.69) is 21.7 Å². The van der Waals surface area contributed by atoms with Gasteiger partial charge in [0.25, 0.3) is 0 Å². The standard InChI is InChI=1S/C29H34FN3O3S/c1-3-36-28-20-22-12-14-31(2)15-13-23(22)21-29(28)37(34,35)27-10-8-26(9-11-27)33-18-16-32(17-19-33)25-6-4-24(30)5-7-25/h4-11,20-21H,3,12-19H2,1-2H3. The number of fused-ring (bicyclic) bond motifs is 1. The minimum absolute atomic E-state index is 0.232. The molecule has 0 bridgehead atoms. The number of benzene rings is 3. The third kappa shape index (κ3) is 5.45. The quantitative estimate of drug-likeness (QED) is 0.477. The van der Waals surface area contributed by atoms with Gasteiger partial charge in [-0.05, 0) is 98.6 Å². The SMILES string of the molecule is CCOc1cc2c(cc1S(=O)(=O)c1ccc(N3CCN(c4ccc(F)cc4)CC3)cc1)CCN(C)CC2. The van der Waals surface area contributed by atoms with E-state index in [0.29, 0.717) is 12.4 Å². The van der Waals surface area contributed by atoms with Gasteiger partial charge in [-0.15, -0.1) is 0 Å². The molecule has 196 valence electrons. The molecule has 0 aromatic heterocycles. The smallest absolute Gasteiger partial charge is 0.210 e. The third-order valence-electron chi connectivity index (χ3n) is 7.36. The number of ether oxygens (including phenoxy) is 1. The summed E-state index contributed by atoms with van der Waals surface area (Å²) in [7, 11) is -1.65. The first kappa shape index (κ1) is 25.5. The molecule has 6 nitrogen and oxygen atoms in total. The van der Waals surface area contributed by atoms with Crippen LogP contribution in [0.1, 0.15) is 18.1 Å². The summed E-state index contributed by atoms with van der Waals surface area (Å²) in [4.78, 5) is 7.28. The maximum absolute atomic E-state index is 13.7. The van der Waals surface area contributed by atoms with Gasteiger partial charge in [0.2, 0.25) is 9.84 Å². The fourth-order valence-corrected chi connectivity index (χ4v) is 6.59. The lowest BCUT2D eigenvalue weighted by atomic mass is 10.0. The minimum Gasteiger partial charge on any atom is -0.492 e. The van der Waals surface area contributed by atoms with E-state index in [1.54, 1.807) is 12.1 Å². The van der Waals surface area contributed by atoms with Crippen molar-refractivity contribution in [1.82, 2.24) is 4.90 Å². The molecule has 5 rings (SSSR count). The molecule has 37 heavy (non-hydrogen) atoms. The Labute approximate surface area is 219 Å². The van der Waals surface area contributed by atoms with Crippen LogP contribution in [0.5, 0.6) is 5.75 Å². The number of rotatable bonds is 6. The lowest BCUT2D eigenvalue weighted by Crippen LogP contribution is -2.46. The van der Waals surface area contributed by atoms with Crippen LogP contribution in [0.3, 0.4) is 0 Å². The van der Waals surface area contributed by atoms with E-state index < -0.39 is 9.84 Å². The fourth-order valence-electron chi connectivity index (χ4n) is 5.16. The third-order valence-corrected chi connectivity index (χ3v) is 9.16. The van der Waals surface area contributed by atoms with E-state index in [9.17, 15) is 12.8 Å². The molecule has 0 radical (unpaired) electrons. The summed E-state index contributed by atoms with van der Waals surface area (Å²) >= 11 is 0. The number of sulfone groups is 1. The summed E-state index contributed by atoms with van der Waals surface area (Å²) in [5, 5.41) is 0. The van der Waals surface area contributed by atoms with Crippen LogP contribution in [0, 0.1) is 5.82 Å². The van der Waals surface area contributed by atoms with Crippen LogP contribution in [0.15, 0.2) is 70.5 Å². The Hall–Kier alpha value is -3.10. The topological polar surface area (TPSA) is 53.1 Å². The van der Waals surface area contributed by atoms with E-state index in [1.807, 2.05) is 43.3 Å². The molecule has 0 N–H and O–H groups in total. The van der Waals surface area contributed by atoms with E-state index >= 15 is 0 Å². The molecule has 2 aliphatic heterocycles. The number of likely N-dealkylation sites (N-methyl/N-ethyl adjacent to an activating group) is 1. The van der Waals surface area contributed by atoms with Gasteiger partial charge >= 0.3 is 0 Å². The average Bonchev–Trinajstić information content (AvgIpc) is 3.10. The molecule has 3 aromatic carbocycles. The average molecular weight is 524 g/mol. The van der Waals surface area contributed by atoms with Crippen molar-refractivity contribution in [2.75, 3.05) is 62.7 Å². The first-order valence-electron chi connectivity index (χ1n) is 12.9. The van der Waals surface area contributed by atoms with Crippen molar-refractivity contribution in [2.45, 2.75) is 29.6 Å². The molecule has 2 aliphatic rings. The molecule has 8 heteroatoms.